The fourth-order valence-corrected chi connectivity index (χ4v) is 5.11. The van der Waals surface area contributed by atoms with Gasteiger partial charge in [0.2, 0.25) is 10.0 Å². The zero-order valence-corrected chi connectivity index (χ0v) is 16.3. The van der Waals surface area contributed by atoms with Gasteiger partial charge in [0.25, 0.3) is 10.0 Å². The lowest BCUT2D eigenvalue weighted by Gasteiger charge is -2.29. The molecule has 0 unspecified atom stereocenters. The van der Waals surface area contributed by atoms with Crippen LogP contribution in [0.4, 0.5) is 11.4 Å². The van der Waals surface area contributed by atoms with Gasteiger partial charge >= 0.3 is 0 Å². The fourth-order valence-electron chi connectivity index (χ4n) is 2.91. The normalized spacial score (nSPS) is 14.5. The third kappa shape index (κ3) is 3.63. The van der Waals surface area contributed by atoms with E-state index < -0.39 is 20.0 Å². The summed E-state index contributed by atoms with van der Waals surface area (Å²) >= 11 is 0. The molecule has 2 aromatic carbocycles. The number of aryl methyl sites for hydroxylation is 2. The second kappa shape index (κ2) is 6.48. The first-order chi connectivity index (χ1) is 12.1. The molecule has 1 N–H and O–H groups in total. The first-order valence-corrected chi connectivity index (χ1v) is 11.3. The zero-order valence-electron chi connectivity index (χ0n) is 14.7. The van der Waals surface area contributed by atoms with Crippen LogP contribution in [0.3, 0.4) is 0 Å². The lowest BCUT2D eigenvalue weighted by atomic mass is 10.2. The van der Waals surface area contributed by atoms with Crippen LogP contribution in [-0.4, -0.2) is 36.2 Å². The molecule has 3 rings (SSSR count). The highest BCUT2D eigenvalue weighted by molar-refractivity contribution is 7.92. The van der Waals surface area contributed by atoms with Gasteiger partial charge in [-0.2, -0.15) is 0 Å². The molecule has 0 radical (unpaired) electrons. The minimum Gasteiger partial charge on any atom is -0.489 e. The molecule has 0 spiro atoms. The molecular formula is C17H20N2O5S2. The lowest BCUT2D eigenvalue weighted by molar-refractivity contribution is 0.316. The average Bonchev–Trinajstić information content (AvgIpc) is 2.52. The van der Waals surface area contributed by atoms with Crippen molar-refractivity contribution in [2.75, 3.05) is 28.4 Å². The van der Waals surface area contributed by atoms with Crippen LogP contribution < -0.4 is 13.8 Å². The van der Waals surface area contributed by atoms with Crippen molar-refractivity contribution in [3.63, 3.8) is 0 Å². The number of rotatable bonds is 4. The van der Waals surface area contributed by atoms with E-state index in [4.69, 9.17) is 4.74 Å². The summed E-state index contributed by atoms with van der Waals surface area (Å²) < 4.78 is 58.4. The van der Waals surface area contributed by atoms with Gasteiger partial charge in [0.15, 0.2) is 0 Å². The molecule has 7 nitrogen and oxygen atoms in total. The van der Waals surface area contributed by atoms with Crippen molar-refractivity contribution >= 4 is 31.4 Å². The largest absolute Gasteiger partial charge is 0.489 e. The van der Waals surface area contributed by atoms with E-state index in [1.165, 1.54) is 22.5 Å². The summed E-state index contributed by atoms with van der Waals surface area (Å²) in [6, 6.07) is 9.65. The van der Waals surface area contributed by atoms with E-state index in [0.717, 1.165) is 11.8 Å². The molecule has 0 amide bonds. The summed E-state index contributed by atoms with van der Waals surface area (Å²) in [6.45, 7) is 4.06. The maximum Gasteiger partial charge on any atom is 0.262 e. The molecule has 0 bridgehead atoms. The summed E-state index contributed by atoms with van der Waals surface area (Å²) in [7, 11) is -7.19. The van der Waals surface area contributed by atoms with Crippen molar-refractivity contribution in [2.24, 2.45) is 0 Å². The molecule has 1 aliphatic heterocycles. The van der Waals surface area contributed by atoms with Crippen molar-refractivity contribution in [2.45, 2.75) is 18.7 Å². The number of sulfonamides is 2. The molecule has 0 aliphatic carbocycles. The Morgan fingerprint density at radius 1 is 1.04 bits per heavy atom. The quantitative estimate of drug-likeness (QED) is 0.856. The molecule has 2 aromatic rings. The van der Waals surface area contributed by atoms with Crippen LogP contribution in [0.25, 0.3) is 0 Å². The SMILES string of the molecule is Cc1ccc(S(=O)(=O)Nc2ccc3c(c2)OCCN3S(C)(=O)=O)c(C)c1. The molecule has 26 heavy (non-hydrogen) atoms. The van der Waals surface area contributed by atoms with E-state index in [2.05, 4.69) is 4.72 Å². The van der Waals surface area contributed by atoms with E-state index in [0.29, 0.717) is 22.7 Å². The first-order valence-electron chi connectivity index (χ1n) is 7.92. The van der Waals surface area contributed by atoms with Gasteiger partial charge in [0, 0.05) is 6.07 Å². The number of hydrogen-bond donors (Lipinski definition) is 1. The predicted octanol–water partition coefficient (Wildman–Crippen LogP) is 2.26. The van der Waals surface area contributed by atoms with Gasteiger partial charge in [-0.3, -0.25) is 9.03 Å². The van der Waals surface area contributed by atoms with Crippen LogP contribution >= 0.6 is 0 Å². The highest BCUT2D eigenvalue weighted by Crippen LogP contribution is 2.36. The van der Waals surface area contributed by atoms with Gasteiger partial charge in [-0.1, -0.05) is 17.7 Å². The Hall–Kier alpha value is -2.26. The van der Waals surface area contributed by atoms with Crippen LogP contribution in [0.2, 0.25) is 0 Å². The van der Waals surface area contributed by atoms with E-state index in [1.54, 1.807) is 25.1 Å². The maximum atomic E-state index is 12.7. The van der Waals surface area contributed by atoms with Gasteiger partial charge in [-0.15, -0.1) is 0 Å². The molecule has 140 valence electrons. The Labute approximate surface area is 153 Å². The molecule has 9 heteroatoms. The van der Waals surface area contributed by atoms with Crippen molar-refractivity contribution < 1.29 is 21.6 Å². The van der Waals surface area contributed by atoms with E-state index >= 15 is 0 Å². The number of benzene rings is 2. The summed E-state index contributed by atoms with van der Waals surface area (Å²) in [5.41, 5.74) is 2.33. The predicted molar refractivity (Wildman–Crippen MR) is 101 cm³/mol. The highest BCUT2D eigenvalue weighted by Gasteiger charge is 2.26. The van der Waals surface area contributed by atoms with Crippen LogP contribution in [-0.2, 0) is 20.0 Å². The standard InChI is InChI=1S/C17H20N2O5S2/c1-12-4-7-17(13(2)10-12)26(22,23)18-14-5-6-15-16(11-14)24-9-8-19(15)25(3,20)21/h4-7,10-11,18H,8-9H2,1-3H3. The summed E-state index contributed by atoms with van der Waals surface area (Å²) in [6.07, 6.45) is 1.12. The molecule has 1 heterocycles. The summed E-state index contributed by atoms with van der Waals surface area (Å²) in [4.78, 5) is 0.194. The fraction of sp³-hybridized carbons (Fsp3) is 0.294. The molecule has 0 fully saturated rings. The lowest BCUT2D eigenvalue weighted by Crippen LogP contribution is -2.37. The average molecular weight is 396 g/mol. The molecule has 0 aromatic heterocycles. The van der Waals surface area contributed by atoms with Crippen molar-refractivity contribution in [3.8, 4) is 5.75 Å². The van der Waals surface area contributed by atoms with Crippen molar-refractivity contribution in [1.82, 2.24) is 0 Å². The number of hydrogen-bond acceptors (Lipinski definition) is 5. The smallest absolute Gasteiger partial charge is 0.262 e. The summed E-state index contributed by atoms with van der Waals surface area (Å²) in [5.74, 6) is 0.322. The number of fused-ring (bicyclic) bond motifs is 1. The minimum atomic E-state index is -3.77. The third-order valence-corrected chi connectivity index (χ3v) is 6.77. The second-order valence-electron chi connectivity index (χ2n) is 6.24. The Morgan fingerprint density at radius 2 is 1.77 bits per heavy atom. The van der Waals surface area contributed by atoms with Crippen LogP contribution in [0.5, 0.6) is 5.75 Å². The summed E-state index contributed by atoms with van der Waals surface area (Å²) in [5, 5.41) is 0. The first kappa shape index (κ1) is 18.5. The van der Waals surface area contributed by atoms with Crippen molar-refractivity contribution in [1.29, 1.82) is 0 Å². The van der Waals surface area contributed by atoms with Crippen LogP contribution in [0, 0.1) is 13.8 Å². The van der Waals surface area contributed by atoms with Crippen LogP contribution in [0.1, 0.15) is 11.1 Å². The minimum absolute atomic E-state index is 0.194. The van der Waals surface area contributed by atoms with Gasteiger partial charge < -0.3 is 4.74 Å². The zero-order chi connectivity index (χ0) is 19.1. The number of nitrogens with zero attached hydrogens (tertiary/aromatic N) is 1. The molecule has 1 aliphatic rings. The Bertz CT molecular complexity index is 1060. The molecule has 0 saturated carbocycles. The van der Waals surface area contributed by atoms with E-state index in [1.807, 2.05) is 6.92 Å². The number of nitrogens with one attached hydrogen (secondary N) is 1. The van der Waals surface area contributed by atoms with Gasteiger partial charge in [0.1, 0.15) is 12.4 Å². The topological polar surface area (TPSA) is 92.8 Å². The number of ether oxygens (including phenoxy) is 1. The van der Waals surface area contributed by atoms with E-state index in [9.17, 15) is 16.8 Å². The monoisotopic (exact) mass is 396 g/mol. The van der Waals surface area contributed by atoms with Gasteiger partial charge in [0.05, 0.1) is 29.1 Å². The third-order valence-electron chi connectivity index (χ3n) is 4.05. The maximum absolute atomic E-state index is 12.7. The number of anilines is 2. The van der Waals surface area contributed by atoms with Gasteiger partial charge in [-0.05, 0) is 37.6 Å². The van der Waals surface area contributed by atoms with E-state index in [-0.39, 0.29) is 18.0 Å². The Kier molecular flexibility index (Phi) is 4.61. The Balaban J connectivity index is 1.94. The molecule has 0 atom stereocenters. The van der Waals surface area contributed by atoms with Gasteiger partial charge in [-0.25, -0.2) is 16.8 Å². The van der Waals surface area contributed by atoms with Crippen LogP contribution in [0.15, 0.2) is 41.3 Å². The second-order valence-corrected chi connectivity index (χ2v) is 9.80. The Morgan fingerprint density at radius 3 is 2.42 bits per heavy atom. The molecule has 0 saturated heterocycles. The van der Waals surface area contributed by atoms with Crippen molar-refractivity contribution in [3.05, 3.63) is 47.5 Å². The highest BCUT2D eigenvalue weighted by atomic mass is 32.2. The molecular weight excluding hydrogens is 376 g/mol.